The Kier molecular flexibility index (Phi) is 6.86. The van der Waals surface area contributed by atoms with Crippen molar-refractivity contribution >= 4 is 28.3 Å². The van der Waals surface area contributed by atoms with Crippen LogP contribution in [-0.2, 0) is 9.59 Å². The normalized spacial score (nSPS) is 14.4. The van der Waals surface area contributed by atoms with Crippen molar-refractivity contribution in [2.24, 2.45) is 5.92 Å². The molecular weight excluding hydrogens is 378 g/mol. The summed E-state index contributed by atoms with van der Waals surface area (Å²) < 4.78 is 10.6. The Morgan fingerprint density at radius 2 is 1.96 bits per heavy atom. The molecule has 1 aliphatic carbocycles. The van der Waals surface area contributed by atoms with Gasteiger partial charge in [-0.1, -0.05) is 19.3 Å². The molecule has 1 saturated carbocycles. The number of hydrogen-bond donors (Lipinski definition) is 2. The van der Waals surface area contributed by atoms with Gasteiger partial charge in [-0.3, -0.25) is 9.59 Å². The summed E-state index contributed by atoms with van der Waals surface area (Å²) in [6.07, 6.45) is 5.18. The molecule has 2 amide bonds. The number of nitrogens with zero attached hydrogens (tertiary/aromatic N) is 1. The second-order valence-electron chi connectivity index (χ2n) is 6.71. The van der Waals surface area contributed by atoms with Crippen LogP contribution in [0.5, 0.6) is 11.5 Å². The summed E-state index contributed by atoms with van der Waals surface area (Å²) >= 11 is 1.32. The van der Waals surface area contributed by atoms with Gasteiger partial charge in [0.25, 0.3) is 0 Å². The minimum Gasteiger partial charge on any atom is -0.497 e. The van der Waals surface area contributed by atoms with Crippen LogP contribution in [0.3, 0.4) is 0 Å². The SMILES string of the molecule is COc1ccc(-c2csc(NC(=O)CNC(=O)C3CCCCC3)n2)c(OC)c1. The fraction of sp³-hybridized carbons (Fsp3) is 0.450. The first-order valence-electron chi connectivity index (χ1n) is 9.36. The first-order chi connectivity index (χ1) is 13.6. The number of hydrogen-bond acceptors (Lipinski definition) is 6. The zero-order valence-electron chi connectivity index (χ0n) is 16.1. The van der Waals surface area contributed by atoms with Gasteiger partial charge in [0, 0.05) is 22.9 Å². The van der Waals surface area contributed by atoms with E-state index in [0.29, 0.717) is 22.3 Å². The monoisotopic (exact) mass is 403 g/mol. The quantitative estimate of drug-likeness (QED) is 0.739. The molecule has 2 aromatic rings. The molecule has 0 unspecified atom stereocenters. The molecule has 28 heavy (non-hydrogen) atoms. The van der Waals surface area contributed by atoms with Crippen LogP contribution in [0.15, 0.2) is 23.6 Å². The third-order valence-electron chi connectivity index (χ3n) is 4.83. The number of thiazole rings is 1. The lowest BCUT2D eigenvalue weighted by Gasteiger charge is -2.20. The van der Waals surface area contributed by atoms with Crippen molar-refractivity contribution in [2.45, 2.75) is 32.1 Å². The van der Waals surface area contributed by atoms with Crippen LogP contribution in [0.2, 0.25) is 0 Å². The molecule has 0 atom stereocenters. The van der Waals surface area contributed by atoms with Crippen molar-refractivity contribution in [1.29, 1.82) is 0 Å². The summed E-state index contributed by atoms with van der Waals surface area (Å²) in [5, 5.41) is 7.80. The van der Waals surface area contributed by atoms with Gasteiger partial charge in [0.15, 0.2) is 5.13 Å². The molecule has 0 saturated heterocycles. The maximum absolute atomic E-state index is 12.2. The number of aromatic nitrogens is 1. The second kappa shape index (κ2) is 9.54. The molecule has 1 fully saturated rings. The molecular formula is C20H25N3O4S. The third-order valence-corrected chi connectivity index (χ3v) is 5.59. The van der Waals surface area contributed by atoms with Crippen molar-refractivity contribution in [2.75, 3.05) is 26.1 Å². The summed E-state index contributed by atoms with van der Waals surface area (Å²) in [7, 11) is 3.18. The second-order valence-corrected chi connectivity index (χ2v) is 7.56. The molecule has 0 spiro atoms. The molecule has 1 aliphatic rings. The maximum atomic E-state index is 12.2. The largest absolute Gasteiger partial charge is 0.497 e. The number of benzene rings is 1. The summed E-state index contributed by atoms with van der Waals surface area (Å²) in [5.74, 6) is 1.06. The summed E-state index contributed by atoms with van der Waals surface area (Å²) in [5.41, 5.74) is 1.51. The number of amides is 2. The Morgan fingerprint density at radius 1 is 1.18 bits per heavy atom. The molecule has 1 heterocycles. The van der Waals surface area contributed by atoms with Gasteiger partial charge in [-0.25, -0.2) is 4.98 Å². The van der Waals surface area contributed by atoms with Gasteiger partial charge in [0.2, 0.25) is 11.8 Å². The van der Waals surface area contributed by atoms with Gasteiger partial charge in [-0.05, 0) is 25.0 Å². The lowest BCUT2D eigenvalue weighted by molar-refractivity contribution is -0.128. The smallest absolute Gasteiger partial charge is 0.245 e. The van der Waals surface area contributed by atoms with E-state index in [2.05, 4.69) is 15.6 Å². The Morgan fingerprint density at radius 3 is 2.68 bits per heavy atom. The number of carbonyl (C=O) groups is 2. The van der Waals surface area contributed by atoms with Crippen molar-refractivity contribution in [3.05, 3.63) is 23.6 Å². The van der Waals surface area contributed by atoms with Gasteiger partial charge >= 0.3 is 0 Å². The molecule has 8 heteroatoms. The standard InChI is InChI=1S/C20H25N3O4S/c1-26-14-8-9-15(17(10-14)27-2)16-12-28-20(22-16)23-18(24)11-21-19(25)13-6-4-3-5-7-13/h8-10,12-13H,3-7,11H2,1-2H3,(H,21,25)(H,22,23,24). The van der Waals surface area contributed by atoms with E-state index in [9.17, 15) is 9.59 Å². The summed E-state index contributed by atoms with van der Waals surface area (Å²) in [6, 6.07) is 5.48. The van der Waals surface area contributed by atoms with E-state index in [-0.39, 0.29) is 24.3 Å². The number of methoxy groups -OCH3 is 2. The minimum atomic E-state index is -0.285. The minimum absolute atomic E-state index is 0.0300. The Labute approximate surface area is 168 Å². The van der Waals surface area contributed by atoms with E-state index in [4.69, 9.17) is 9.47 Å². The van der Waals surface area contributed by atoms with Gasteiger partial charge < -0.3 is 20.1 Å². The average molecular weight is 404 g/mol. The van der Waals surface area contributed by atoms with Crippen molar-refractivity contribution in [3.8, 4) is 22.8 Å². The highest BCUT2D eigenvalue weighted by molar-refractivity contribution is 7.14. The Hall–Kier alpha value is -2.61. The Bertz CT molecular complexity index is 831. The lowest BCUT2D eigenvalue weighted by Crippen LogP contribution is -2.37. The molecule has 1 aromatic carbocycles. The number of rotatable bonds is 7. The van der Waals surface area contributed by atoms with E-state index in [0.717, 1.165) is 31.2 Å². The van der Waals surface area contributed by atoms with Gasteiger partial charge in [0.05, 0.1) is 26.5 Å². The third kappa shape index (κ3) is 5.01. The average Bonchev–Trinajstić information content (AvgIpc) is 3.20. The maximum Gasteiger partial charge on any atom is 0.245 e. The fourth-order valence-corrected chi connectivity index (χ4v) is 4.03. The van der Waals surface area contributed by atoms with E-state index in [1.54, 1.807) is 20.3 Å². The van der Waals surface area contributed by atoms with Crippen LogP contribution < -0.4 is 20.1 Å². The fourth-order valence-electron chi connectivity index (χ4n) is 3.30. The van der Waals surface area contributed by atoms with Crippen LogP contribution in [0.25, 0.3) is 11.3 Å². The first-order valence-corrected chi connectivity index (χ1v) is 10.2. The molecule has 0 radical (unpaired) electrons. The molecule has 150 valence electrons. The van der Waals surface area contributed by atoms with Crippen LogP contribution in [0.4, 0.5) is 5.13 Å². The van der Waals surface area contributed by atoms with Crippen LogP contribution in [0, 0.1) is 5.92 Å². The van der Waals surface area contributed by atoms with Crippen molar-refractivity contribution < 1.29 is 19.1 Å². The lowest BCUT2D eigenvalue weighted by atomic mass is 9.89. The molecule has 0 bridgehead atoms. The van der Waals surface area contributed by atoms with Gasteiger partial charge in [0.1, 0.15) is 11.5 Å². The zero-order valence-corrected chi connectivity index (χ0v) is 16.9. The molecule has 2 N–H and O–H groups in total. The topological polar surface area (TPSA) is 89.6 Å². The van der Waals surface area contributed by atoms with Crippen molar-refractivity contribution in [3.63, 3.8) is 0 Å². The molecule has 7 nitrogen and oxygen atoms in total. The number of ether oxygens (including phenoxy) is 2. The predicted octanol–water partition coefficient (Wildman–Crippen LogP) is 3.46. The van der Waals surface area contributed by atoms with Gasteiger partial charge in [-0.2, -0.15) is 0 Å². The summed E-state index contributed by atoms with van der Waals surface area (Å²) in [4.78, 5) is 28.7. The molecule has 3 rings (SSSR count). The number of carbonyl (C=O) groups excluding carboxylic acids is 2. The highest BCUT2D eigenvalue weighted by atomic mass is 32.1. The van der Waals surface area contributed by atoms with Crippen LogP contribution in [-0.4, -0.2) is 37.6 Å². The van der Waals surface area contributed by atoms with E-state index in [1.807, 2.05) is 17.5 Å². The highest BCUT2D eigenvalue weighted by Crippen LogP contribution is 2.34. The number of nitrogens with one attached hydrogen (secondary N) is 2. The van der Waals surface area contributed by atoms with Crippen molar-refractivity contribution in [1.82, 2.24) is 10.3 Å². The molecule has 1 aromatic heterocycles. The number of anilines is 1. The predicted molar refractivity (Wildman–Crippen MR) is 109 cm³/mol. The first kappa shape index (κ1) is 20.1. The molecule has 0 aliphatic heterocycles. The van der Waals surface area contributed by atoms with E-state index >= 15 is 0 Å². The summed E-state index contributed by atoms with van der Waals surface area (Å²) in [6.45, 7) is -0.0455. The van der Waals surface area contributed by atoms with Crippen LogP contribution in [0.1, 0.15) is 32.1 Å². The van der Waals surface area contributed by atoms with Crippen LogP contribution >= 0.6 is 11.3 Å². The Balaban J connectivity index is 1.57. The van der Waals surface area contributed by atoms with E-state index < -0.39 is 0 Å². The van der Waals surface area contributed by atoms with E-state index in [1.165, 1.54) is 17.8 Å². The van der Waals surface area contributed by atoms with Gasteiger partial charge in [-0.15, -0.1) is 11.3 Å². The zero-order chi connectivity index (χ0) is 19.9. The highest BCUT2D eigenvalue weighted by Gasteiger charge is 2.21.